The molecule has 102 valence electrons. The van der Waals surface area contributed by atoms with Crippen molar-refractivity contribution in [3.8, 4) is 0 Å². The maximum absolute atomic E-state index is 13.3. The molecule has 0 aliphatic rings. The second-order valence-electron chi connectivity index (χ2n) is 4.32. The lowest BCUT2D eigenvalue weighted by atomic mass is 10.2. The molecule has 4 heteroatoms. The van der Waals surface area contributed by atoms with Crippen LogP contribution in [0.1, 0.15) is 25.8 Å². The van der Waals surface area contributed by atoms with Gasteiger partial charge in [0.15, 0.2) is 11.6 Å². The highest BCUT2D eigenvalue weighted by molar-refractivity contribution is 5.18. The molecular formula is C14H22F2N2. The molecule has 0 spiro atoms. The van der Waals surface area contributed by atoms with Gasteiger partial charge in [-0.1, -0.05) is 26.0 Å². The van der Waals surface area contributed by atoms with Crippen LogP contribution in [0.2, 0.25) is 0 Å². The van der Waals surface area contributed by atoms with E-state index in [9.17, 15) is 8.78 Å². The van der Waals surface area contributed by atoms with Crippen molar-refractivity contribution in [1.82, 2.24) is 10.2 Å². The van der Waals surface area contributed by atoms with E-state index in [0.29, 0.717) is 12.1 Å². The molecule has 0 saturated heterocycles. The summed E-state index contributed by atoms with van der Waals surface area (Å²) in [7, 11) is 0. The first-order valence-corrected chi connectivity index (χ1v) is 6.55. The highest BCUT2D eigenvalue weighted by Gasteiger charge is 2.06. The zero-order valence-corrected chi connectivity index (χ0v) is 11.2. The van der Waals surface area contributed by atoms with Crippen molar-refractivity contribution in [2.24, 2.45) is 0 Å². The maximum Gasteiger partial charge on any atom is 0.163 e. The van der Waals surface area contributed by atoms with Crippen LogP contribution in [0.25, 0.3) is 0 Å². The van der Waals surface area contributed by atoms with Gasteiger partial charge in [-0.3, -0.25) is 0 Å². The largest absolute Gasteiger partial charge is 0.311 e. The predicted molar refractivity (Wildman–Crippen MR) is 70.5 cm³/mol. The van der Waals surface area contributed by atoms with Crippen molar-refractivity contribution >= 4 is 0 Å². The lowest BCUT2D eigenvalue weighted by Crippen LogP contribution is -2.32. The van der Waals surface area contributed by atoms with Crippen molar-refractivity contribution in [3.05, 3.63) is 35.4 Å². The van der Waals surface area contributed by atoms with E-state index < -0.39 is 11.6 Å². The summed E-state index contributed by atoms with van der Waals surface area (Å²) >= 11 is 0. The Kier molecular flexibility index (Phi) is 6.83. The van der Waals surface area contributed by atoms with E-state index in [4.69, 9.17) is 0 Å². The normalized spacial score (nSPS) is 11.2. The van der Waals surface area contributed by atoms with Gasteiger partial charge in [0, 0.05) is 25.2 Å². The molecule has 0 aromatic heterocycles. The van der Waals surface area contributed by atoms with Gasteiger partial charge in [0.2, 0.25) is 0 Å². The lowest BCUT2D eigenvalue weighted by molar-refractivity contribution is 0.287. The van der Waals surface area contributed by atoms with Gasteiger partial charge in [0.05, 0.1) is 0 Å². The van der Waals surface area contributed by atoms with Crippen LogP contribution in [0, 0.1) is 11.6 Å². The van der Waals surface area contributed by atoms with Gasteiger partial charge >= 0.3 is 0 Å². The monoisotopic (exact) mass is 256 g/mol. The molecule has 1 N–H and O–H groups in total. The number of hydrogen-bond acceptors (Lipinski definition) is 2. The molecule has 0 aliphatic carbocycles. The van der Waals surface area contributed by atoms with E-state index in [1.165, 1.54) is 6.07 Å². The first-order valence-electron chi connectivity index (χ1n) is 6.55. The highest BCUT2D eigenvalue weighted by atomic mass is 19.2. The smallest absolute Gasteiger partial charge is 0.163 e. The van der Waals surface area contributed by atoms with Gasteiger partial charge < -0.3 is 10.2 Å². The SMILES string of the molecule is CCCN(CC)CCNCc1cccc(F)c1F. The third-order valence-corrected chi connectivity index (χ3v) is 2.94. The fraction of sp³-hybridized carbons (Fsp3) is 0.571. The van der Waals surface area contributed by atoms with Crippen LogP contribution in [0.4, 0.5) is 8.78 Å². The minimum atomic E-state index is -0.782. The molecule has 18 heavy (non-hydrogen) atoms. The first-order chi connectivity index (χ1) is 8.69. The third kappa shape index (κ3) is 4.70. The minimum absolute atomic E-state index is 0.368. The fourth-order valence-electron chi connectivity index (χ4n) is 1.89. The van der Waals surface area contributed by atoms with Crippen LogP contribution in [0.3, 0.4) is 0 Å². The van der Waals surface area contributed by atoms with Crippen molar-refractivity contribution in [2.45, 2.75) is 26.8 Å². The molecule has 0 amide bonds. The maximum atomic E-state index is 13.3. The van der Waals surface area contributed by atoms with Crippen LogP contribution in [0.5, 0.6) is 0 Å². The Hall–Kier alpha value is -1.00. The summed E-state index contributed by atoms with van der Waals surface area (Å²) < 4.78 is 26.3. The number of nitrogens with one attached hydrogen (secondary N) is 1. The number of likely N-dealkylation sites (N-methyl/N-ethyl adjacent to an activating group) is 1. The van der Waals surface area contributed by atoms with E-state index in [-0.39, 0.29) is 0 Å². The molecule has 1 rings (SSSR count). The Bertz CT molecular complexity index is 356. The summed E-state index contributed by atoms with van der Waals surface area (Å²) in [6, 6.07) is 4.28. The summed E-state index contributed by atoms with van der Waals surface area (Å²) in [5.74, 6) is -1.53. The molecule has 0 unspecified atom stereocenters. The standard InChI is InChI=1S/C14H22F2N2/c1-3-9-18(4-2)10-8-17-11-12-6-5-7-13(15)14(12)16/h5-7,17H,3-4,8-11H2,1-2H3. The van der Waals surface area contributed by atoms with Crippen molar-refractivity contribution < 1.29 is 8.78 Å². The second-order valence-corrected chi connectivity index (χ2v) is 4.32. The molecule has 0 atom stereocenters. The topological polar surface area (TPSA) is 15.3 Å². The summed E-state index contributed by atoms with van der Waals surface area (Å²) in [5, 5.41) is 3.14. The Labute approximate surface area is 108 Å². The van der Waals surface area contributed by atoms with Crippen LogP contribution >= 0.6 is 0 Å². The summed E-state index contributed by atoms with van der Waals surface area (Å²) in [6.07, 6.45) is 1.13. The van der Waals surface area contributed by atoms with E-state index in [0.717, 1.165) is 38.7 Å². The average Bonchev–Trinajstić information content (AvgIpc) is 2.38. The van der Waals surface area contributed by atoms with E-state index in [2.05, 4.69) is 24.1 Å². The third-order valence-electron chi connectivity index (χ3n) is 2.94. The van der Waals surface area contributed by atoms with Gasteiger partial charge in [0.25, 0.3) is 0 Å². The van der Waals surface area contributed by atoms with Crippen molar-refractivity contribution in [3.63, 3.8) is 0 Å². The van der Waals surface area contributed by atoms with Crippen molar-refractivity contribution in [1.29, 1.82) is 0 Å². The number of hydrogen-bond donors (Lipinski definition) is 1. The zero-order valence-electron chi connectivity index (χ0n) is 11.2. The number of nitrogens with zero attached hydrogens (tertiary/aromatic N) is 1. The molecular weight excluding hydrogens is 234 g/mol. The van der Waals surface area contributed by atoms with E-state index >= 15 is 0 Å². The van der Waals surface area contributed by atoms with Crippen LogP contribution < -0.4 is 5.32 Å². The summed E-state index contributed by atoms with van der Waals surface area (Å²) in [6.45, 7) is 8.45. The van der Waals surface area contributed by atoms with Crippen LogP contribution in [-0.2, 0) is 6.54 Å². The quantitative estimate of drug-likeness (QED) is 0.719. The Morgan fingerprint density at radius 3 is 2.61 bits per heavy atom. The molecule has 1 aromatic carbocycles. The van der Waals surface area contributed by atoms with Gasteiger partial charge in [-0.15, -0.1) is 0 Å². The van der Waals surface area contributed by atoms with Crippen LogP contribution in [-0.4, -0.2) is 31.1 Å². The van der Waals surface area contributed by atoms with Crippen LogP contribution in [0.15, 0.2) is 18.2 Å². The number of benzene rings is 1. The van der Waals surface area contributed by atoms with Gasteiger partial charge in [-0.2, -0.15) is 0 Å². The highest BCUT2D eigenvalue weighted by Crippen LogP contribution is 2.10. The van der Waals surface area contributed by atoms with Gasteiger partial charge in [0.1, 0.15) is 0 Å². The summed E-state index contributed by atoms with van der Waals surface area (Å²) in [4.78, 5) is 2.33. The molecule has 0 aliphatic heterocycles. The zero-order chi connectivity index (χ0) is 13.4. The fourth-order valence-corrected chi connectivity index (χ4v) is 1.89. The average molecular weight is 256 g/mol. The molecule has 1 aromatic rings. The molecule has 0 heterocycles. The molecule has 0 fully saturated rings. The number of halogens is 2. The second kappa shape index (κ2) is 8.16. The molecule has 0 radical (unpaired) electrons. The number of rotatable bonds is 8. The van der Waals surface area contributed by atoms with Gasteiger partial charge in [-0.05, 0) is 25.6 Å². The molecule has 0 saturated carbocycles. The minimum Gasteiger partial charge on any atom is -0.311 e. The first kappa shape index (κ1) is 15.1. The molecule has 2 nitrogen and oxygen atoms in total. The predicted octanol–water partition coefficient (Wildman–Crippen LogP) is 2.79. The summed E-state index contributed by atoms with van der Waals surface area (Å²) in [5.41, 5.74) is 0.383. The van der Waals surface area contributed by atoms with E-state index in [1.807, 2.05) is 0 Å². The van der Waals surface area contributed by atoms with Gasteiger partial charge in [-0.25, -0.2) is 8.78 Å². The van der Waals surface area contributed by atoms with Crippen molar-refractivity contribution in [2.75, 3.05) is 26.2 Å². The van der Waals surface area contributed by atoms with E-state index in [1.54, 1.807) is 6.07 Å². The Morgan fingerprint density at radius 1 is 1.17 bits per heavy atom. The lowest BCUT2D eigenvalue weighted by Gasteiger charge is -2.19. The molecule has 0 bridgehead atoms. The Morgan fingerprint density at radius 2 is 1.94 bits per heavy atom. The Balaban J connectivity index is 2.31.